The lowest BCUT2D eigenvalue weighted by Gasteiger charge is -2.41. The second-order valence-electron chi connectivity index (χ2n) is 13.6. The van der Waals surface area contributed by atoms with Gasteiger partial charge in [0.2, 0.25) is 0 Å². The normalized spacial score (nSPS) is 20.7. The van der Waals surface area contributed by atoms with Crippen LogP contribution in [-0.2, 0) is 35.2 Å². The van der Waals surface area contributed by atoms with E-state index >= 15 is 0 Å². The van der Waals surface area contributed by atoms with E-state index in [9.17, 15) is 31.9 Å². The van der Waals surface area contributed by atoms with Crippen LogP contribution in [-0.4, -0.2) is 102 Å². The molecule has 3 fully saturated rings. The second kappa shape index (κ2) is 15.3. The number of fused-ring (bicyclic) bond motifs is 1. The third-order valence-corrected chi connectivity index (χ3v) is 10.5. The Kier molecular flexibility index (Phi) is 11.0. The minimum atomic E-state index is -4.70. The van der Waals surface area contributed by atoms with Gasteiger partial charge in [-0.25, -0.2) is 14.0 Å². The molecular weight excluding hydrogens is 642 g/mol. The average molecular weight is 688 g/mol. The number of carbonyl (C=O) groups excluding carboxylic acids is 3. The molecule has 0 saturated carbocycles. The standard InChI is InChI=1S/C36H45F4N5O4/c37-24-26-20-25(21-28(22-26)36(38,39)40)23-32(33(46)43-15-9-29(10-16-43)42-13-4-1-5-14-42)49-35(48)44-17-11-30(12-18-44)45-19-8-27-6-2-3-7-31(27)41-34(45)47/h2-3,6-7,20-22,29-30,32H,1,4-5,8-19,23-24H2,(H,41,47)/t32-/m1/s1. The van der Waals surface area contributed by atoms with Gasteiger partial charge in [0.25, 0.3) is 5.91 Å². The van der Waals surface area contributed by atoms with Crippen molar-refractivity contribution in [2.45, 2.75) is 88.8 Å². The summed E-state index contributed by atoms with van der Waals surface area (Å²) in [5, 5.41) is 2.98. The van der Waals surface area contributed by atoms with Crippen LogP contribution in [0, 0.1) is 0 Å². The lowest BCUT2D eigenvalue weighted by Crippen LogP contribution is -2.53. The van der Waals surface area contributed by atoms with Crippen molar-refractivity contribution in [3.05, 3.63) is 64.7 Å². The van der Waals surface area contributed by atoms with Gasteiger partial charge in [-0.2, -0.15) is 13.2 Å². The topological polar surface area (TPSA) is 85.4 Å². The first-order chi connectivity index (χ1) is 23.6. The Morgan fingerprint density at radius 1 is 0.837 bits per heavy atom. The lowest BCUT2D eigenvalue weighted by molar-refractivity contribution is -0.142. The Morgan fingerprint density at radius 3 is 2.18 bits per heavy atom. The third kappa shape index (κ3) is 8.48. The summed E-state index contributed by atoms with van der Waals surface area (Å²) in [6.07, 6.45) is -0.316. The zero-order valence-electron chi connectivity index (χ0n) is 27.7. The number of likely N-dealkylation sites (tertiary alicyclic amines) is 3. The number of anilines is 1. The van der Waals surface area contributed by atoms with Gasteiger partial charge in [-0.1, -0.05) is 30.7 Å². The number of rotatable bonds is 7. The minimum absolute atomic E-state index is 0.0729. The van der Waals surface area contributed by atoms with Crippen molar-refractivity contribution in [1.29, 1.82) is 0 Å². The molecule has 2 aromatic rings. The van der Waals surface area contributed by atoms with E-state index in [1.165, 1.54) is 17.4 Å². The summed E-state index contributed by atoms with van der Waals surface area (Å²) < 4.78 is 60.5. The Labute approximate surface area is 284 Å². The third-order valence-electron chi connectivity index (χ3n) is 10.5. The maximum atomic E-state index is 13.9. The van der Waals surface area contributed by atoms with Gasteiger partial charge >= 0.3 is 18.3 Å². The molecule has 49 heavy (non-hydrogen) atoms. The summed E-state index contributed by atoms with van der Waals surface area (Å²) in [5.41, 5.74) is 0.753. The number of ether oxygens (including phenoxy) is 1. The minimum Gasteiger partial charge on any atom is -0.436 e. The molecule has 0 radical (unpaired) electrons. The molecule has 2 aromatic carbocycles. The molecule has 0 spiro atoms. The van der Waals surface area contributed by atoms with E-state index in [1.54, 1.807) is 9.80 Å². The van der Waals surface area contributed by atoms with Crippen LogP contribution < -0.4 is 5.32 Å². The van der Waals surface area contributed by atoms with Gasteiger partial charge in [0.15, 0.2) is 6.10 Å². The van der Waals surface area contributed by atoms with E-state index in [0.717, 1.165) is 62.2 Å². The zero-order valence-corrected chi connectivity index (χ0v) is 27.7. The van der Waals surface area contributed by atoms with Crippen molar-refractivity contribution < 1.29 is 36.7 Å². The maximum absolute atomic E-state index is 13.9. The summed E-state index contributed by atoms with van der Waals surface area (Å²) in [6, 6.07) is 10.7. The molecule has 4 aliphatic heterocycles. The fourth-order valence-electron chi connectivity index (χ4n) is 7.75. The Bertz CT molecular complexity index is 1480. The first-order valence-electron chi connectivity index (χ1n) is 17.5. The van der Waals surface area contributed by atoms with Crippen LogP contribution in [0.15, 0.2) is 42.5 Å². The molecule has 4 amide bonds. The average Bonchev–Trinajstić information content (AvgIpc) is 3.29. The molecule has 0 aromatic heterocycles. The van der Waals surface area contributed by atoms with Crippen LogP contribution in [0.25, 0.3) is 0 Å². The van der Waals surface area contributed by atoms with Crippen LogP contribution in [0.2, 0.25) is 0 Å². The number of urea groups is 1. The molecule has 9 nitrogen and oxygen atoms in total. The van der Waals surface area contributed by atoms with Gasteiger partial charge < -0.3 is 29.7 Å². The molecule has 0 unspecified atom stereocenters. The molecule has 4 heterocycles. The predicted molar refractivity (Wildman–Crippen MR) is 176 cm³/mol. The number of amides is 4. The highest BCUT2D eigenvalue weighted by Crippen LogP contribution is 2.32. The highest BCUT2D eigenvalue weighted by atomic mass is 19.4. The first-order valence-corrected chi connectivity index (χ1v) is 17.5. The molecule has 0 aliphatic carbocycles. The first kappa shape index (κ1) is 35.0. The Balaban J connectivity index is 1.12. The van der Waals surface area contributed by atoms with Crippen molar-refractivity contribution in [3.63, 3.8) is 0 Å². The number of alkyl halides is 4. The monoisotopic (exact) mass is 687 g/mol. The van der Waals surface area contributed by atoms with E-state index in [2.05, 4.69) is 10.2 Å². The fraction of sp³-hybridized carbons (Fsp3) is 0.583. The smallest absolute Gasteiger partial charge is 0.416 e. The van der Waals surface area contributed by atoms with Crippen LogP contribution in [0.5, 0.6) is 0 Å². The van der Waals surface area contributed by atoms with Gasteiger partial charge in [0, 0.05) is 56.9 Å². The molecule has 3 saturated heterocycles. The number of hydrogen-bond donors (Lipinski definition) is 1. The van der Waals surface area contributed by atoms with Crippen LogP contribution in [0.3, 0.4) is 0 Å². The molecule has 4 aliphatic rings. The molecule has 266 valence electrons. The van der Waals surface area contributed by atoms with E-state index < -0.39 is 36.5 Å². The van der Waals surface area contributed by atoms with Crippen molar-refractivity contribution in [3.8, 4) is 0 Å². The summed E-state index contributed by atoms with van der Waals surface area (Å²) in [4.78, 5) is 47.9. The summed E-state index contributed by atoms with van der Waals surface area (Å²) >= 11 is 0. The van der Waals surface area contributed by atoms with Crippen LogP contribution in [0.1, 0.15) is 67.2 Å². The van der Waals surface area contributed by atoms with E-state index in [4.69, 9.17) is 4.74 Å². The Hall–Kier alpha value is -3.87. The van der Waals surface area contributed by atoms with Crippen LogP contribution >= 0.6 is 0 Å². The maximum Gasteiger partial charge on any atom is 0.416 e. The van der Waals surface area contributed by atoms with Gasteiger partial charge in [-0.3, -0.25) is 4.79 Å². The Morgan fingerprint density at radius 2 is 1.49 bits per heavy atom. The number of nitrogens with one attached hydrogen (secondary N) is 1. The quantitative estimate of drug-likeness (QED) is 0.348. The summed E-state index contributed by atoms with van der Waals surface area (Å²) in [7, 11) is 0. The molecule has 0 bridgehead atoms. The highest BCUT2D eigenvalue weighted by molar-refractivity contribution is 5.91. The summed E-state index contributed by atoms with van der Waals surface area (Å²) in [6.45, 7) is 3.02. The van der Waals surface area contributed by atoms with Crippen LogP contribution in [0.4, 0.5) is 32.8 Å². The zero-order chi connectivity index (χ0) is 34.5. The van der Waals surface area contributed by atoms with Gasteiger partial charge in [0.1, 0.15) is 6.67 Å². The van der Waals surface area contributed by atoms with Gasteiger partial charge in [-0.05, 0) is 92.9 Å². The fourth-order valence-corrected chi connectivity index (χ4v) is 7.75. The molecular formula is C36H45F4N5O4. The number of benzene rings is 2. The number of nitrogens with zero attached hydrogens (tertiary/aromatic N) is 4. The van der Waals surface area contributed by atoms with Gasteiger partial charge in [0.05, 0.1) is 5.56 Å². The highest BCUT2D eigenvalue weighted by Gasteiger charge is 2.37. The number of para-hydroxylation sites is 1. The van der Waals surface area contributed by atoms with E-state index in [-0.39, 0.29) is 42.7 Å². The molecule has 13 heteroatoms. The number of carbonyl (C=O) groups is 3. The number of piperidine rings is 3. The lowest BCUT2D eigenvalue weighted by atomic mass is 9.98. The second-order valence-corrected chi connectivity index (χ2v) is 13.6. The SMILES string of the molecule is O=C(O[C@H](Cc1cc(CF)cc(C(F)(F)F)c1)C(=O)N1CCC(N2CCCCC2)CC1)N1CCC(N2CCc3ccccc3NC2=O)CC1. The molecule has 1 N–H and O–H groups in total. The van der Waals surface area contributed by atoms with Crippen molar-refractivity contribution in [2.24, 2.45) is 0 Å². The number of hydrogen-bond acceptors (Lipinski definition) is 5. The summed E-state index contributed by atoms with van der Waals surface area (Å²) in [5.74, 6) is -0.458. The number of halogens is 4. The predicted octanol–water partition coefficient (Wildman–Crippen LogP) is 6.25. The van der Waals surface area contributed by atoms with Crippen molar-refractivity contribution >= 4 is 23.7 Å². The molecule has 6 rings (SSSR count). The molecule has 1 atom stereocenters. The van der Waals surface area contributed by atoms with Gasteiger partial charge in [-0.15, -0.1) is 0 Å². The van der Waals surface area contributed by atoms with Crippen molar-refractivity contribution in [2.75, 3.05) is 51.1 Å². The van der Waals surface area contributed by atoms with Crippen molar-refractivity contribution in [1.82, 2.24) is 19.6 Å². The van der Waals surface area contributed by atoms with E-state index in [0.29, 0.717) is 44.9 Å². The van der Waals surface area contributed by atoms with E-state index in [1.807, 2.05) is 24.3 Å². The largest absolute Gasteiger partial charge is 0.436 e.